The van der Waals surface area contributed by atoms with Crippen molar-refractivity contribution in [1.29, 1.82) is 0 Å². The fourth-order valence-electron chi connectivity index (χ4n) is 0. The molecule has 0 amide bonds. The molecule has 0 aliphatic heterocycles. The standard InChI is InChI=1S/C3H4O2.Cr/c1-2-3(4)5;/h2H,1H2,(H,4,5);/q;+3/p-1. The van der Waals surface area contributed by atoms with Gasteiger partial charge in [-0.2, -0.15) is 0 Å². The maximum Gasteiger partial charge on any atom is 3.00 e. The van der Waals surface area contributed by atoms with Crippen molar-refractivity contribution in [2.24, 2.45) is 0 Å². The first-order chi connectivity index (χ1) is 2.27. The number of hydrogen-bond acceptors (Lipinski definition) is 2. The predicted molar refractivity (Wildman–Crippen MR) is 15.2 cm³/mol. The summed E-state index contributed by atoms with van der Waals surface area (Å²) in [5.41, 5.74) is 0. The summed E-state index contributed by atoms with van der Waals surface area (Å²) in [6, 6.07) is 0. The first-order valence-corrected chi connectivity index (χ1v) is 1.11. The van der Waals surface area contributed by atoms with Crippen molar-refractivity contribution in [3.8, 4) is 0 Å². The molecule has 0 aromatic heterocycles. The van der Waals surface area contributed by atoms with E-state index in [9.17, 15) is 0 Å². The third-order valence-corrected chi connectivity index (χ3v) is 0.167. The summed E-state index contributed by atoms with van der Waals surface area (Å²) in [7, 11) is 0. The van der Waals surface area contributed by atoms with Gasteiger partial charge in [-0.15, -0.1) is 0 Å². The van der Waals surface area contributed by atoms with Crippen molar-refractivity contribution in [3.05, 3.63) is 12.7 Å². The molecule has 0 atom stereocenters. The molecule has 0 heterocycles. The Morgan fingerprint density at radius 1 is 1.83 bits per heavy atom. The monoisotopic (exact) mass is 123 g/mol. The van der Waals surface area contributed by atoms with Gasteiger partial charge in [-0.3, -0.25) is 0 Å². The smallest absolute Gasteiger partial charge is 0.545 e. The third-order valence-electron chi connectivity index (χ3n) is 0.167. The normalized spacial score (nSPS) is 5.33. The number of carbonyl (C=O) groups is 1. The number of carboxylic acid groups (broad SMARTS) is 1. The largest absolute Gasteiger partial charge is 3.00 e. The van der Waals surface area contributed by atoms with Gasteiger partial charge in [0.1, 0.15) is 0 Å². The Morgan fingerprint density at radius 3 is 2.00 bits per heavy atom. The topological polar surface area (TPSA) is 40.1 Å². The Bertz CT molecular complexity index is 59.8. The minimum absolute atomic E-state index is 0. The van der Waals surface area contributed by atoms with Crippen molar-refractivity contribution in [1.82, 2.24) is 0 Å². The first kappa shape index (κ1) is 9.22. The molecule has 2 nitrogen and oxygen atoms in total. The summed E-state index contributed by atoms with van der Waals surface area (Å²) in [6.45, 7) is 2.90. The number of hydrogen-bond donors (Lipinski definition) is 0. The summed E-state index contributed by atoms with van der Waals surface area (Å²) >= 11 is 0. The van der Waals surface area contributed by atoms with Crippen LogP contribution >= 0.6 is 0 Å². The number of carboxylic acids is 1. The molecule has 0 aliphatic rings. The molecular weight excluding hydrogens is 120 g/mol. The SMILES string of the molecule is C=CC(=O)[O-].[Cr+3]. The van der Waals surface area contributed by atoms with E-state index in [0.717, 1.165) is 6.08 Å². The van der Waals surface area contributed by atoms with Gasteiger partial charge in [0.25, 0.3) is 0 Å². The molecule has 1 radical (unpaired) electrons. The summed E-state index contributed by atoms with van der Waals surface area (Å²) < 4.78 is 0. The van der Waals surface area contributed by atoms with E-state index in [4.69, 9.17) is 9.90 Å². The zero-order chi connectivity index (χ0) is 4.28. The second kappa shape index (κ2) is 4.74. The van der Waals surface area contributed by atoms with E-state index in [0.29, 0.717) is 0 Å². The van der Waals surface area contributed by atoms with Crippen LogP contribution in [0.25, 0.3) is 0 Å². The average molecular weight is 123 g/mol. The van der Waals surface area contributed by atoms with E-state index < -0.39 is 5.97 Å². The summed E-state index contributed by atoms with van der Waals surface area (Å²) in [5.74, 6) is -1.23. The van der Waals surface area contributed by atoms with Crippen LogP contribution in [0.15, 0.2) is 12.7 Å². The first-order valence-electron chi connectivity index (χ1n) is 1.11. The zero-order valence-corrected chi connectivity index (χ0v) is 4.28. The number of carbonyl (C=O) groups excluding carboxylic acids is 1. The minimum atomic E-state index is -1.23. The molecule has 0 N–H and O–H groups in total. The molecule has 0 spiro atoms. The van der Waals surface area contributed by atoms with E-state index in [1.807, 2.05) is 0 Å². The van der Waals surface area contributed by atoms with E-state index in [1.54, 1.807) is 0 Å². The molecular formula is C3H3CrO2+2. The molecule has 0 saturated carbocycles. The van der Waals surface area contributed by atoms with E-state index in [2.05, 4.69) is 6.58 Å². The van der Waals surface area contributed by atoms with Crippen molar-refractivity contribution >= 4 is 5.97 Å². The Kier molecular flexibility index (Phi) is 7.29. The average Bonchev–Trinajstić information content (AvgIpc) is 1.38. The van der Waals surface area contributed by atoms with Crippen LogP contribution in [-0.4, -0.2) is 5.97 Å². The maximum atomic E-state index is 9.14. The van der Waals surface area contributed by atoms with Crippen LogP contribution < -0.4 is 5.11 Å². The number of aliphatic carboxylic acids is 1. The summed E-state index contributed by atoms with van der Waals surface area (Å²) in [5, 5.41) is 9.14. The predicted octanol–water partition coefficient (Wildman–Crippen LogP) is -1.08. The van der Waals surface area contributed by atoms with Crippen LogP contribution in [0.4, 0.5) is 0 Å². The van der Waals surface area contributed by atoms with Gasteiger partial charge >= 0.3 is 17.4 Å². The second-order valence-electron chi connectivity index (χ2n) is 0.523. The van der Waals surface area contributed by atoms with Crippen molar-refractivity contribution < 1.29 is 27.3 Å². The van der Waals surface area contributed by atoms with Crippen LogP contribution in [-0.2, 0) is 22.2 Å². The molecule has 0 aliphatic carbocycles. The molecule has 0 bridgehead atoms. The van der Waals surface area contributed by atoms with Crippen LogP contribution in [0.2, 0.25) is 0 Å². The Hall–Kier alpha value is -0.258. The van der Waals surface area contributed by atoms with Crippen molar-refractivity contribution in [3.63, 3.8) is 0 Å². The van der Waals surface area contributed by atoms with Gasteiger partial charge in [0, 0.05) is 0 Å². The zero-order valence-electron chi connectivity index (χ0n) is 3.01. The van der Waals surface area contributed by atoms with Gasteiger partial charge in [-0.1, -0.05) is 6.58 Å². The van der Waals surface area contributed by atoms with Gasteiger partial charge in [0.05, 0.1) is 5.97 Å². The quantitative estimate of drug-likeness (QED) is 0.416. The van der Waals surface area contributed by atoms with E-state index in [-0.39, 0.29) is 17.4 Å². The molecule has 0 aromatic carbocycles. The van der Waals surface area contributed by atoms with Crippen LogP contribution in [0.3, 0.4) is 0 Å². The molecule has 6 heavy (non-hydrogen) atoms. The molecule has 31 valence electrons. The molecule has 3 heteroatoms. The van der Waals surface area contributed by atoms with Gasteiger partial charge in [-0.25, -0.2) is 0 Å². The second-order valence-corrected chi connectivity index (χ2v) is 0.523. The van der Waals surface area contributed by atoms with Gasteiger partial charge < -0.3 is 9.90 Å². The summed E-state index contributed by atoms with van der Waals surface area (Å²) in [6.07, 6.45) is 0.722. The van der Waals surface area contributed by atoms with Gasteiger partial charge in [0.15, 0.2) is 0 Å². The van der Waals surface area contributed by atoms with Crippen molar-refractivity contribution in [2.45, 2.75) is 0 Å². The van der Waals surface area contributed by atoms with E-state index in [1.165, 1.54) is 0 Å². The summed E-state index contributed by atoms with van der Waals surface area (Å²) in [4.78, 5) is 9.14. The molecule has 0 rings (SSSR count). The molecule has 0 aromatic rings. The Labute approximate surface area is 46.6 Å². The van der Waals surface area contributed by atoms with Crippen LogP contribution in [0.5, 0.6) is 0 Å². The Morgan fingerprint density at radius 2 is 2.00 bits per heavy atom. The van der Waals surface area contributed by atoms with Crippen LogP contribution in [0.1, 0.15) is 0 Å². The van der Waals surface area contributed by atoms with Gasteiger partial charge in [0.2, 0.25) is 0 Å². The van der Waals surface area contributed by atoms with Gasteiger partial charge in [-0.05, 0) is 6.08 Å². The molecule has 0 saturated heterocycles. The molecule has 0 unspecified atom stereocenters. The van der Waals surface area contributed by atoms with Crippen LogP contribution in [0, 0.1) is 0 Å². The molecule has 0 fully saturated rings. The number of rotatable bonds is 1. The fourth-order valence-corrected chi connectivity index (χ4v) is 0. The third kappa shape index (κ3) is 9.27. The minimum Gasteiger partial charge on any atom is -0.545 e. The fraction of sp³-hybridized carbons (Fsp3) is 0. The Balaban J connectivity index is 0. The van der Waals surface area contributed by atoms with Crippen molar-refractivity contribution in [2.75, 3.05) is 0 Å². The van der Waals surface area contributed by atoms with E-state index >= 15 is 0 Å². The maximum absolute atomic E-state index is 9.14.